The fourth-order valence-electron chi connectivity index (χ4n) is 1.82. The first-order chi connectivity index (χ1) is 8.59. The second kappa shape index (κ2) is 5.30. The highest BCUT2D eigenvalue weighted by Gasteiger charge is 2.21. The molecule has 0 spiro atoms. The monoisotopic (exact) mass is 250 g/mol. The number of carbonyl (C=O) groups is 1. The number of nitrogens with zero attached hydrogens (tertiary/aromatic N) is 4. The van der Waals surface area contributed by atoms with Crippen LogP contribution in [0.2, 0.25) is 0 Å². The number of carbonyl (C=O) groups excluding carboxylic acids is 1. The van der Waals surface area contributed by atoms with Gasteiger partial charge in [0.15, 0.2) is 0 Å². The third-order valence-electron chi connectivity index (χ3n) is 2.90. The molecule has 1 amide bonds. The number of aryl methyl sites for hydroxylation is 1. The molecule has 6 nitrogen and oxygen atoms in total. The number of hydrogen-bond acceptors (Lipinski definition) is 5. The topological polar surface area (TPSA) is 58.6 Å². The van der Waals surface area contributed by atoms with Crippen molar-refractivity contribution >= 4 is 11.9 Å². The van der Waals surface area contributed by atoms with Crippen molar-refractivity contribution in [2.45, 2.75) is 6.92 Å². The van der Waals surface area contributed by atoms with Crippen LogP contribution >= 0.6 is 0 Å². The van der Waals surface area contributed by atoms with E-state index in [1.165, 1.54) is 0 Å². The number of amides is 1. The SMILES string of the molecule is Cc1nc(N(C)C)ncc1C(=O)N1CCOCC1. The average Bonchev–Trinajstić information content (AvgIpc) is 2.38. The second-order valence-electron chi connectivity index (χ2n) is 4.47. The van der Waals surface area contributed by atoms with E-state index in [-0.39, 0.29) is 5.91 Å². The Balaban J connectivity index is 2.19. The summed E-state index contributed by atoms with van der Waals surface area (Å²) in [4.78, 5) is 24.4. The van der Waals surface area contributed by atoms with Crippen LogP contribution < -0.4 is 4.90 Å². The standard InChI is InChI=1S/C12H18N4O2/c1-9-10(8-13-12(14-9)15(2)3)11(17)16-4-6-18-7-5-16/h8H,4-7H2,1-3H3. The van der Waals surface area contributed by atoms with E-state index < -0.39 is 0 Å². The molecule has 2 heterocycles. The molecule has 1 aromatic rings. The highest BCUT2D eigenvalue weighted by Crippen LogP contribution is 2.12. The van der Waals surface area contributed by atoms with Crippen molar-refractivity contribution in [2.75, 3.05) is 45.3 Å². The maximum Gasteiger partial charge on any atom is 0.257 e. The van der Waals surface area contributed by atoms with Crippen molar-refractivity contribution in [3.8, 4) is 0 Å². The largest absolute Gasteiger partial charge is 0.378 e. The summed E-state index contributed by atoms with van der Waals surface area (Å²) in [7, 11) is 3.75. The molecule has 2 rings (SSSR count). The number of hydrogen-bond donors (Lipinski definition) is 0. The van der Waals surface area contributed by atoms with Crippen LogP contribution in [0.3, 0.4) is 0 Å². The number of anilines is 1. The smallest absolute Gasteiger partial charge is 0.257 e. The highest BCUT2D eigenvalue weighted by molar-refractivity contribution is 5.95. The molecule has 18 heavy (non-hydrogen) atoms. The molecule has 0 atom stereocenters. The van der Waals surface area contributed by atoms with Gasteiger partial charge in [-0.2, -0.15) is 0 Å². The zero-order chi connectivity index (χ0) is 13.1. The fraction of sp³-hybridized carbons (Fsp3) is 0.583. The molecule has 0 aliphatic carbocycles. The minimum absolute atomic E-state index is 0.0129. The third-order valence-corrected chi connectivity index (χ3v) is 2.90. The molecule has 1 saturated heterocycles. The fourth-order valence-corrected chi connectivity index (χ4v) is 1.82. The van der Waals surface area contributed by atoms with Crippen molar-refractivity contribution in [3.05, 3.63) is 17.5 Å². The average molecular weight is 250 g/mol. The predicted molar refractivity (Wildman–Crippen MR) is 67.8 cm³/mol. The van der Waals surface area contributed by atoms with Crippen LogP contribution in [0.1, 0.15) is 16.1 Å². The number of ether oxygens (including phenoxy) is 1. The van der Waals surface area contributed by atoms with Gasteiger partial charge in [0.2, 0.25) is 5.95 Å². The van der Waals surface area contributed by atoms with Gasteiger partial charge in [-0.25, -0.2) is 9.97 Å². The van der Waals surface area contributed by atoms with Crippen molar-refractivity contribution < 1.29 is 9.53 Å². The number of morpholine rings is 1. The van der Waals surface area contributed by atoms with Gasteiger partial charge in [0.05, 0.1) is 24.5 Å². The summed E-state index contributed by atoms with van der Waals surface area (Å²) >= 11 is 0. The lowest BCUT2D eigenvalue weighted by Gasteiger charge is -2.27. The van der Waals surface area contributed by atoms with Gasteiger partial charge in [-0.3, -0.25) is 4.79 Å². The molecule has 0 N–H and O–H groups in total. The molecule has 1 fully saturated rings. The summed E-state index contributed by atoms with van der Waals surface area (Å²) in [6.45, 7) is 4.30. The van der Waals surface area contributed by atoms with E-state index in [1.54, 1.807) is 11.1 Å². The van der Waals surface area contributed by atoms with Crippen molar-refractivity contribution in [1.82, 2.24) is 14.9 Å². The van der Waals surface area contributed by atoms with Crippen molar-refractivity contribution in [1.29, 1.82) is 0 Å². The molecule has 0 aromatic carbocycles. The van der Waals surface area contributed by atoms with Crippen LogP contribution in [0.5, 0.6) is 0 Å². The van der Waals surface area contributed by atoms with Gasteiger partial charge < -0.3 is 14.5 Å². The quantitative estimate of drug-likeness (QED) is 0.756. The molecule has 1 aliphatic heterocycles. The maximum absolute atomic E-state index is 12.3. The van der Waals surface area contributed by atoms with Crippen LogP contribution in [-0.4, -0.2) is 61.2 Å². The Morgan fingerprint density at radius 2 is 2.06 bits per heavy atom. The van der Waals surface area contributed by atoms with Gasteiger partial charge in [0.1, 0.15) is 0 Å². The Kier molecular flexibility index (Phi) is 3.76. The molecule has 1 aliphatic rings. The number of aromatic nitrogens is 2. The van der Waals surface area contributed by atoms with Gasteiger partial charge in [-0.1, -0.05) is 0 Å². The van der Waals surface area contributed by atoms with E-state index in [1.807, 2.05) is 25.9 Å². The van der Waals surface area contributed by atoms with E-state index in [9.17, 15) is 4.79 Å². The minimum Gasteiger partial charge on any atom is -0.378 e. The summed E-state index contributed by atoms with van der Waals surface area (Å²) in [6, 6.07) is 0. The third kappa shape index (κ3) is 2.59. The van der Waals surface area contributed by atoms with Crippen LogP contribution in [-0.2, 0) is 4.74 Å². The lowest BCUT2D eigenvalue weighted by atomic mass is 10.2. The summed E-state index contributed by atoms with van der Waals surface area (Å²) in [5.74, 6) is 0.604. The Morgan fingerprint density at radius 1 is 1.39 bits per heavy atom. The normalized spacial score (nSPS) is 15.6. The molecule has 0 unspecified atom stereocenters. The summed E-state index contributed by atoms with van der Waals surface area (Å²) in [5.41, 5.74) is 1.28. The van der Waals surface area contributed by atoms with Gasteiger partial charge in [-0.15, -0.1) is 0 Å². The van der Waals surface area contributed by atoms with E-state index in [0.29, 0.717) is 43.5 Å². The Morgan fingerprint density at radius 3 is 2.61 bits per heavy atom. The molecular weight excluding hydrogens is 232 g/mol. The van der Waals surface area contributed by atoms with Crippen LogP contribution in [0.4, 0.5) is 5.95 Å². The van der Waals surface area contributed by atoms with E-state index in [4.69, 9.17) is 4.74 Å². The molecule has 0 saturated carbocycles. The number of rotatable bonds is 2. The van der Waals surface area contributed by atoms with Crippen LogP contribution in [0, 0.1) is 6.92 Å². The Hall–Kier alpha value is -1.69. The summed E-state index contributed by atoms with van der Waals surface area (Å²) in [5, 5.41) is 0. The zero-order valence-corrected chi connectivity index (χ0v) is 11.0. The van der Waals surface area contributed by atoms with Crippen molar-refractivity contribution in [2.24, 2.45) is 0 Å². The van der Waals surface area contributed by atoms with E-state index in [0.717, 1.165) is 0 Å². The predicted octanol–water partition coefficient (Wildman–Crippen LogP) is 0.323. The molecule has 0 radical (unpaired) electrons. The van der Waals surface area contributed by atoms with Gasteiger partial charge >= 0.3 is 0 Å². The van der Waals surface area contributed by atoms with Crippen LogP contribution in [0.15, 0.2) is 6.20 Å². The lowest BCUT2D eigenvalue weighted by Crippen LogP contribution is -2.41. The maximum atomic E-state index is 12.3. The van der Waals surface area contributed by atoms with E-state index in [2.05, 4.69) is 9.97 Å². The first-order valence-corrected chi connectivity index (χ1v) is 5.97. The van der Waals surface area contributed by atoms with Gasteiger partial charge in [0, 0.05) is 33.4 Å². The van der Waals surface area contributed by atoms with Gasteiger partial charge in [0.25, 0.3) is 5.91 Å². The first-order valence-electron chi connectivity index (χ1n) is 5.97. The molecule has 0 bridgehead atoms. The zero-order valence-electron chi connectivity index (χ0n) is 11.0. The van der Waals surface area contributed by atoms with Crippen LogP contribution in [0.25, 0.3) is 0 Å². The highest BCUT2D eigenvalue weighted by atomic mass is 16.5. The molecule has 98 valence electrons. The minimum atomic E-state index is -0.0129. The molecule has 1 aromatic heterocycles. The Bertz CT molecular complexity index is 442. The van der Waals surface area contributed by atoms with Gasteiger partial charge in [-0.05, 0) is 6.92 Å². The summed E-state index contributed by atoms with van der Waals surface area (Å²) in [6.07, 6.45) is 1.61. The first kappa shape index (κ1) is 12.8. The van der Waals surface area contributed by atoms with E-state index >= 15 is 0 Å². The molecule has 6 heteroatoms. The van der Waals surface area contributed by atoms with Crippen molar-refractivity contribution in [3.63, 3.8) is 0 Å². The Labute approximate surface area is 107 Å². The molecular formula is C12H18N4O2. The lowest BCUT2D eigenvalue weighted by molar-refractivity contribution is 0.0302. The summed E-state index contributed by atoms with van der Waals surface area (Å²) < 4.78 is 5.23. The second-order valence-corrected chi connectivity index (χ2v) is 4.47.